The molecular weight excluding hydrogens is 312 g/mol. The van der Waals surface area contributed by atoms with Crippen molar-refractivity contribution in [3.63, 3.8) is 0 Å². The molecule has 0 aliphatic rings. The first-order chi connectivity index (χ1) is 12.0. The minimum atomic E-state index is -1.13. The summed E-state index contributed by atoms with van der Waals surface area (Å²) in [5.74, 6) is -1.55. The van der Waals surface area contributed by atoms with Crippen molar-refractivity contribution < 1.29 is 15.0 Å². The molecule has 0 unspecified atom stereocenters. The van der Waals surface area contributed by atoms with E-state index < -0.39 is 5.97 Å². The van der Waals surface area contributed by atoms with Gasteiger partial charge in [0.1, 0.15) is 11.3 Å². The summed E-state index contributed by atoms with van der Waals surface area (Å²) in [5, 5.41) is 19.9. The molecule has 3 heteroatoms. The Morgan fingerprint density at radius 2 is 1.28 bits per heavy atom. The summed E-state index contributed by atoms with van der Waals surface area (Å²) in [4.78, 5) is 11.4. The smallest absolute Gasteiger partial charge is 0.339 e. The van der Waals surface area contributed by atoms with E-state index in [-0.39, 0.29) is 17.2 Å². The van der Waals surface area contributed by atoms with Crippen molar-refractivity contribution >= 4 is 5.97 Å². The van der Waals surface area contributed by atoms with E-state index in [0.717, 1.165) is 22.3 Å². The van der Waals surface area contributed by atoms with Crippen molar-refractivity contribution in [2.45, 2.75) is 19.8 Å². The predicted octanol–water partition coefficient (Wildman–Crippen LogP) is 4.89. The topological polar surface area (TPSA) is 57.5 Å². The van der Waals surface area contributed by atoms with Gasteiger partial charge in [-0.15, -0.1) is 0 Å². The van der Waals surface area contributed by atoms with Crippen LogP contribution in [0.1, 0.15) is 44.1 Å². The van der Waals surface area contributed by atoms with Crippen LogP contribution in [0.25, 0.3) is 0 Å². The molecule has 25 heavy (non-hydrogen) atoms. The van der Waals surface area contributed by atoms with E-state index in [4.69, 9.17) is 0 Å². The highest BCUT2D eigenvalue weighted by molar-refractivity contribution is 5.91. The summed E-state index contributed by atoms with van der Waals surface area (Å²) in [6.07, 6.45) is 0. The first-order valence-electron chi connectivity index (χ1n) is 8.15. The fraction of sp³-hybridized carbons (Fsp3) is 0.136. The Hall–Kier alpha value is -3.07. The number of hydrogen-bond donors (Lipinski definition) is 2. The molecule has 0 saturated heterocycles. The Balaban J connectivity index is 2.21. The normalized spacial score (nSPS) is 10.8. The number of hydrogen-bond acceptors (Lipinski definition) is 2. The Morgan fingerprint density at radius 3 is 1.72 bits per heavy atom. The van der Waals surface area contributed by atoms with Crippen molar-refractivity contribution in [2.75, 3.05) is 0 Å². The van der Waals surface area contributed by atoms with E-state index in [1.807, 2.05) is 62.4 Å². The van der Waals surface area contributed by atoms with Crippen LogP contribution in [0.5, 0.6) is 5.75 Å². The van der Waals surface area contributed by atoms with Gasteiger partial charge in [0.15, 0.2) is 0 Å². The van der Waals surface area contributed by atoms with E-state index >= 15 is 0 Å². The third-order valence-corrected chi connectivity index (χ3v) is 4.43. The molecule has 0 saturated carbocycles. The first-order valence-corrected chi connectivity index (χ1v) is 8.15. The lowest BCUT2D eigenvalue weighted by Crippen LogP contribution is -2.07. The molecule has 2 N–H and O–H groups in total. The Morgan fingerprint density at radius 1 is 0.800 bits per heavy atom. The van der Waals surface area contributed by atoms with Crippen molar-refractivity contribution in [1.29, 1.82) is 0 Å². The number of carbonyl (C=O) groups is 1. The molecule has 0 aliphatic heterocycles. The molecule has 0 radical (unpaired) electrons. The average Bonchev–Trinajstić information content (AvgIpc) is 2.59. The molecule has 3 rings (SSSR count). The molecule has 0 spiro atoms. The molecule has 0 amide bonds. The van der Waals surface area contributed by atoms with Crippen LogP contribution in [0.4, 0.5) is 0 Å². The fourth-order valence-electron chi connectivity index (χ4n) is 3.04. The van der Waals surface area contributed by atoms with Crippen molar-refractivity contribution in [3.05, 3.63) is 100 Å². The van der Waals surface area contributed by atoms with Crippen molar-refractivity contribution in [3.8, 4) is 5.75 Å². The van der Waals surface area contributed by atoms with Crippen LogP contribution in [0, 0.1) is 13.8 Å². The van der Waals surface area contributed by atoms with Crippen molar-refractivity contribution in [1.82, 2.24) is 0 Å². The predicted molar refractivity (Wildman–Crippen MR) is 98.4 cm³/mol. The van der Waals surface area contributed by atoms with Crippen LogP contribution < -0.4 is 0 Å². The SMILES string of the molecule is Cc1ccc(C(c2ccc(C)cc2)c2cccc(C(=O)O)c2O)cc1. The molecular formula is C22H20O3. The monoisotopic (exact) mass is 332 g/mol. The maximum atomic E-state index is 11.4. The van der Waals surface area contributed by atoms with Crippen LogP contribution in [-0.2, 0) is 0 Å². The fourth-order valence-corrected chi connectivity index (χ4v) is 3.04. The lowest BCUT2D eigenvalue weighted by atomic mass is 9.83. The zero-order chi connectivity index (χ0) is 18.0. The number of para-hydroxylation sites is 1. The van der Waals surface area contributed by atoms with E-state index in [1.54, 1.807) is 12.1 Å². The standard InChI is InChI=1S/C22H20O3/c1-14-6-10-16(11-7-14)20(17-12-8-15(2)9-13-17)18-4-3-5-19(21(18)23)22(24)25/h3-13,20,23H,1-2H3,(H,24,25). The highest BCUT2D eigenvalue weighted by atomic mass is 16.4. The first kappa shape index (κ1) is 16.8. The summed E-state index contributed by atoms with van der Waals surface area (Å²) < 4.78 is 0. The lowest BCUT2D eigenvalue weighted by Gasteiger charge is -2.21. The number of aromatic hydroxyl groups is 1. The Kier molecular flexibility index (Phi) is 4.57. The molecule has 3 nitrogen and oxygen atoms in total. The highest BCUT2D eigenvalue weighted by Gasteiger charge is 2.23. The van der Waals surface area contributed by atoms with Gasteiger partial charge in [-0.3, -0.25) is 0 Å². The second-order valence-corrected chi connectivity index (χ2v) is 6.30. The van der Waals surface area contributed by atoms with Crippen LogP contribution >= 0.6 is 0 Å². The quantitative estimate of drug-likeness (QED) is 0.669. The number of phenols is 1. The molecule has 0 heterocycles. The maximum Gasteiger partial charge on any atom is 0.339 e. The van der Waals surface area contributed by atoms with Crippen molar-refractivity contribution in [2.24, 2.45) is 0 Å². The van der Waals surface area contributed by atoms with Crippen LogP contribution in [0.15, 0.2) is 66.7 Å². The summed E-state index contributed by atoms with van der Waals surface area (Å²) in [7, 11) is 0. The number of carboxylic acids is 1. The largest absolute Gasteiger partial charge is 0.507 e. The Labute approximate surface area is 147 Å². The minimum absolute atomic E-state index is 0.0817. The van der Waals surface area contributed by atoms with Gasteiger partial charge in [0.2, 0.25) is 0 Å². The summed E-state index contributed by atoms with van der Waals surface area (Å²) in [5.41, 5.74) is 4.82. The van der Waals surface area contributed by atoms with E-state index in [9.17, 15) is 15.0 Å². The van der Waals surface area contributed by atoms with E-state index in [1.165, 1.54) is 6.07 Å². The van der Waals surface area contributed by atoms with Gasteiger partial charge in [-0.2, -0.15) is 0 Å². The third kappa shape index (κ3) is 3.41. The number of aryl methyl sites for hydroxylation is 2. The third-order valence-electron chi connectivity index (χ3n) is 4.43. The number of benzene rings is 3. The second kappa shape index (κ2) is 6.81. The van der Waals surface area contributed by atoms with Gasteiger partial charge in [-0.05, 0) is 31.0 Å². The lowest BCUT2D eigenvalue weighted by molar-refractivity contribution is 0.0693. The van der Waals surface area contributed by atoms with Crippen LogP contribution in [-0.4, -0.2) is 16.2 Å². The summed E-state index contributed by atoms with van der Waals surface area (Å²) >= 11 is 0. The Bertz CT molecular complexity index is 848. The van der Waals surface area contributed by atoms with Crippen LogP contribution in [0.3, 0.4) is 0 Å². The number of rotatable bonds is 4. The van der Waals surface area contributed by atoms with Gasteiger partial charge in [0.05, 0.1) is 0 Å². The van der Waals surface area contributed by atoms with Gasteiger partial charge in [0.25, 0.3) is 0 Å². The highest BCUT2D eigenvalue weighted by Crippen LogP contribution is 2.38. The molecule has 0 aromatic heterocycles. The molecule has 0 atom stereocenters. The van der Waals surface area contributed by atoms with Crippen LogP contribution in [0.2, 0.25) is 0 Å². The van der Waals surface area contributed by atoms with Gasteiger partial charge < -0.3 is 10.2 Å². The molecule has 0 aliphatic carbocycles. The molecule has 3 aromatic carbocycles. The molecule has 126 valence electrons. The maximum absolute atomic E-state index is 11.4. The van der Waals surface area contributed by atoms with Gasteiger partial charge >= 0.3 is 5.97 Å². The second-order valence-electron chi connectivity index (χ2n) is 6.30. The van der Waals surface area contributed by atoms with Gasteiger partial charge in [0, 0.05) is 11.5 Å². The average molecular weight is 332 g/mol. The molecule has 0 bridgehead atoms. The summed E-state index contributed by atoms with van der Waals surface area (Å²) in [6.45, 7) is 4.04. The zero-order valence-corrected chi connectivity index (χ0v) is 14.2. The van der Waals surface area contributed by atoms with Gasteiger partial charge in [-0.1, -0.05) is 71.8 Å². The number of aromatic carboxylic acids is 1. The zero-order valence-electron chi connectivity index (χ0n) is 14.2. The summed E-state index contributed by atoms with van der Waals surface area (Å²) in [6, 6.07) is 21.0. The molecule has 3 aromatic rings. The van der Waals surface area contributed by atoms with E-state index in [2.05, 4.69) is 0 Å². The van der Waals surface area contributed by atoms with Gasteiger partial charge in [-0.25, -0.2) is 4.79 Å². The minimum Gasteiger partial charge on any atom is -0.507 e. The van der Waals surface area contributed by atoms with E-state index in [0.29, 0.717) is 5.56 Å². The number of carboxylic acid groups (broad SMARTS) is 1. The molecule has 0 fully saturated rings.